The van der Waals surface area contributed by atoms with Crippen molar-refractivity contribution < 1.29 is 0 Å². The molecule has 0 radical (unpaired) electrons. The summed E-state index contributed by atoms with van der Waals surface area (Å²) in [7, 11) is 0. The van der Waals surface area contributed by atoms with E-state index in [0.717, 1.165) is 31.3 Å². The average Bonchev–Trinajstić information content (AvgIpc) is 2.61. The average molecular weight is 229 g/mol. The largest absolute Gasteiger partial charge is 0.361 e. The second kappa shape index (κ2) is 7.01. The van der Waals surface area contributed by atoms with Gasteiger partial charge in [-0.15, -0.1) is 0 Å². The molecule has 1 N–H and O–H groups in total. The second-order valence-electron chi connectivity index (χ2n) is 4.06. The molecule has 0 atom stereocenters. The maximum Gasteiger partial charge on any atom is 0.169 e. The first-order chi connectivity index (χ1) is 7.27. The van der Waals surface area contributed by atoms with E-state index < -0.39 is 0 Å². The van der Waals surface area contributed by atoms with Gasteiger partial charge in [0.05, 0.1) is 0 Å². The molecule has 0 aromatic carbocycles. The van der Waals surface area contributed by atoms with Crippen molar-refractivity contribution in [2.24, 2.45) is 0 Å². The zero-order chi connectivity index (χ0) is 11.1. The van der Waals surface area contributed by atoms with Gasteiger partial charge in [0, 0.05) is 26.2 Å². The Morgan fingerprint density at radius 1 is 1.27 bits per heavy atom. The fraction of sp³-hybridized carbons (Fsp3) is 0.909. The fourth-order valence-electron chi connectivity index (χ4n) is 1.95. The molecule has 0 aliphatic carbocycles. The molecule has 1 aliphatic rings. The Bertz CT molecular complexity index is 190. The zero-order valence-electron chi connectivity index (χ0n) is 9.96. The first-order valence-electron chi connectivity index (χ1n) is 6.03. The minimum atomic E-state index is 0.933. The molecule has 0 saturated carbocycles. The number of rotatable bonds is 7. The molecule has 4 heteroatoms. The lowest BCUT2D eigenvalue weighted by molar-refractivity contribution is 0.252. The molecule has 3 nitrogen and oxygen atoms in total. The van der Waals surface area contributed by atoms with Gasteiger partial charge in [-0.2, -0.15) is 0 Å². The maximum atomic E-state index is 5.22. The second-order valence-corrected chi connectivity index (χ2v) is 4.45. The summed E-state index contributed by atoms with van der Waals surface area (Å²) in [5.74, 6) is 0. The summed E-state index contributed by atoms with van der Waals surface area (Å²) >= 11 is 5.22. The Hall–Kier alpha value is -0.350. The van der Waals surface area contributed by atoms with Crippen molar-refractivity contribution in [1.82, 2.24) is 15.1 Å². The topological polar surface area (TPSA) is 18.5 Å². The van der Waals surface area contributed by atoms with E-state index in [9.17, 15) is 0 Å². The third-order valence-corrected chi connectivity index (χ3v) is 3.11. The van der Waals surface area contributed by atoms with Gasteiger partial charge < -0.3 is 15.1 Å². The van der Waals surface area contributed by atoms with E-state index in [-0.39, 0.29) is 0 Å². The molecule has 0 unspecified atom stereocenters. The van der Waals surface area contributed by atoms with Gasteiger partial charge in [-0.3, -0.25) is 0 Å². The van der Waals surface area contributed by atoms with Gasteiger partial charge in [0.25, 0.3) is 0 Å². The predicted octanol–water partition coefficient (Wildman–Crippen LogP) is 1.30. The molecular formula is C11H23N3S. The van der Waals surface area contributed by atoms with E-state index in [2.05, 4.69) is 29.0 Å². The van der Waals surface area contributed by atoms with Crippen molar-refractivity contribution in [3.05, 3.63) is 0 Å². The van der Waals surface area contributed by atoms with Crippen LogP contribution in [0.3, 0.4) is 0 Å². The van der Waals surface area contributed by atoms with Crippen LogP contribution < -0.4 is 5.32 Å². The van der Waals surface area contributed by atoms with Crippen LogP contribution in [0.2, 0.25) is 0 Å². The van der Waals surface area contributed by atoms with Gasteiger partial charge in [0.1, 0.15) is 0 Å². The van der Waals surface area contributed by atoms with Gasteiger partial charge in [0.2, 0.25) is 0 Å². The Morgan fingerprint density at radius 3 is 2.40 bits per heavy atom. The standard InChI is InChI=1S/C11H23N3S/c1-3-6-13(7-4-2)9-10-14-8-5-12-11(14)15/h3-10H2,1-2H3,(H,12,15). The van der Waals surface area contributed by atoms with E-state index in [0.29, 0.717) is 0 Å². The lowest BCUT2D eigenvalue weighted by atomic mass is 10.3. The van der Waals surface area contributed by atoms with E-state index in [1.807, 2.05) is 0 Å². The maximum absolute atomic E-state index is 5.22. The van der Waals surface area contributed by atoms with E-state index in [1.165, 1.54) is 25.9 Å². The molecule has 0 aromatic heterocycles. The molecule has 1 aliphatic heterocycles. The normalized spacial score (nSPS) is 16.2. The highest BCUT2D eigenvalue weighted by atomic mass is 32.1. The highest BCUT2D eigenvalue weighted by Crippen LogP contribution is 1.99. The van der Waals surface area contributed by atoms with Crippen molar-refractivity contribution in [2.75, 3.05) is 39.3 Å². The van der Waals surface area contributed by atoms with Crippen LogP contribution in [0.1, 0.15) is 26.7 Å². The summed E-state index contributed by atoms with van der Waals surface area (Å²) in [6.07, 6.45) is 2.48. The van der Waals surface area contributed by atoms with Gasteiger partial charge in [-0.1, -0.05) is 13.8 Å². The van der Waals surface area contributed by atoms with Crippen LogP contribution in [0.15, 0.2) is 0 Å². The van der Waals surface area contributed by atoms with E-state index in [1.54, 1.807) is 0 Å². The quantitative estimate of drug-likeness (QED) is 0.663. The van der Waals surface area contributed by atoms with Crippen molar-refractivity contribution in [3.63, 3.8) is 0 Å². The summed E-state index contributed by atoms with van der Waals surface area (Å²) < 4.78 is 0. The summed E-state index contributed by atoms with van der Waals surface area (Å²) in [5, 5.41) is 4.13. The highest BCUT2D eigenvalue weighted by molar-refractivity contribution is 7.80. The highest BCUT2D eigenvalue weighted by Gasteiger charge is 2.15. The van der Waals surface area contributed by atoms with Gasteiger partial charge in [-0.05, 0) is 38.1 Å². The molecule has 0 amide bonds. The number of thiocarbonyl (C=S) groups is 1. The van der Waals surface area contributed by atoms with Crippen LogP contribution in [0.25, 0.3) is 0 Å². The molecule has 0 aromatic rings. The van der Waals surface area contributed by atoms with Crippen molar-refractivity contribution in [1.29, 1.82) is 0 Å². The molecule has 0 bridgehead atoms. The SMILES string of the molecule is CCCN(CCC)CCN1CCNC1=S. The third kappa shape index (κ3) is 4.34. The fourth-order valence-corrected chi connectivity index (χ4v) is 2.24. The van der Waals surface area contributed by atoms with Crippen molar-refractivity contribution >= 4 is 17.3 Å². The van der Waals surface area contributed by atoms with Crippen LogP contribution in [-0.2, 0) is 0 Å². The summed E-state index contributed by atoms with van der Waals surface area (Å²) in [6, 6.07) is 0. The Morgan fingerprint density at radius 2 is 1.93 bits per heavy atom. The Labute approximate surface area is 98.8 Å². The van der Waals surface area contributed by atoms with Gasteiger partial charge >= 0.3 is 0 Å². The molecule has 1 heterocycles. The summed E-state index contributed by atoms with van der Waals surface area (Å²) in [6.45, 7) is 11.2. The van der Waals surface area contributed by atoms with Crippen LogP contribution in [0.4, 0.5) is 0 Å². The molecule has 1 fully saturated rings. The minimum absolute atomic E-state index is 0.933. The van der Waals surface area contributed by atoms with Crippen molar-refractivity contribution in [3.8, 4) is 0 Å². The molecule has 0 spiro atoms. The van der Waals surface area contributed by atoms with Crippen LogP contribution in [0, 0.1) is 0 Å². The molecule has 1 rings (SSSR count). The zero-order valence-corrected chi connectivity index (χ0v) is 10.8. The Balaban J connectivity index is 2.22. The van der Waals surface area contributed by atoms with E-state index >= 15 is 0 Å². The van der Waals surface area contributed by atoms with Gasteiger partial charge in [-0.25, -0.2) is 0 Å². The van der Waals surface area contributed by atoms with E-state index in [4.69, 9.17) is 12.2 Å². The first-order valence-corrected chi connectivity index (χ1v) is 6.43. The molecule has 15 heavy (non-hydrogen) atoms. The number of hydrogen-bond donors (Lipinski definition) is 1. The summed E-state index contributed by atoms with van der Waals surface area (Å²) in [5.41, 5.74) is 0. The number of nitrogens with zero attached hydrogens (tertiary/aromatic N) is 2. The number of hydrogen-bond acceptors (Lipinski definition) is 2. The monoisotopic (exact) mass is 229 g/mol. The molecular weight excluding hydrogens is 206 g/mol. The molecule has 1 saturated heterocycles. The third-order valence-electron chi connectivity index (χ3n) is 2.71. The van der Waals surface area contributed by atoms with Gasteiger partial charge in [0.15, 0.2) is 5.11 Å². The lowest BCUT2D eigenvalue weighted by Gasteiger charge is -2.24. The predicted molar refractivity (Wildman–Crippen MR) is 69.2 cm³/mol. The minimum Gasteiger partial charge on any atom is -0.361 e. The lowest BCUT2D eigenvalue weighted by Crippen LogP contribution is -2.37. The summed E-state index contributed by atoms with van der Waals surface area (Å²) in [4.78, 5) is 4.80. The van der Waals surface area contributed by atoms with Crippen molar-refractivity contribution in [2.45, 2.75) is 26.7 Å². The smallest absolute Gasteiger partial charge is 0.169 e. The number of nitrogens with one attached hydrogen (secondary N) is 1. The van der Waals surface area contributed by atoms with Crippen LogP contribution in [-0.4, -0.2) is 54.2 Å². The van der Waals surface area contributed by atoms with Crippen LogP contribution >= 0.6 is 12.2 Å². The molecule has 88 valence electrons. The van der Waals surface area contributed by atoms with Crippen LogP contribution in [0.5, 0.6) is 0 Å². The Kier molecular flexibility index (Phi) is 5.95. The first kappa shape index (κ1) is 12.7.